The maximum absolute atomic E-state index is 12.4. The van der Waals surface area contributed by atoms with E-state index < -0.39 is 0 Å². The first-order chi connectivity index (χ1) is 11.5. The van der Waals surface area contributed by atoms with Gasteiger partial charge in [0.1, 0.15) is 16.7 Å². The molecule has 0 unspecified atom stereocenters. The van der Waals surface area contributed by atoms with Crippen LogP contribution in [0.3, 0.4) is 0 Å². The van der Waals surface area contributed by atoms with Crippen LogP contribution < -0.4 is 5.32 Å². The summed E-state index contributed by atoms with van der Waals surface area (Å²) in [4.78, 5) is 25.3. The number of pyridine rings is 1. The molecule has 1 aromatic carbocycles. The summed E-state index contributed by atoms with van der Waals surface area (Å²) in [6, 6.07) is 11.1. The number of para-hydroxylation sites is 1. The monoisotopic (exact) mass is 358 g/mol. The number of aryl methyl sites for hydroxylation is 1. The second-order valence-corrected chi connectivity index (χ2v) is 6.97. The van der Waals surface area contributed by atoms with Gasteiger partial charge in [-0.05, 0) is 32.0 Å². The van der Waals surface area contributed by atoms with E-state index in [4.69, 9.17) is 11.6 Å². The highest BCUT2D eigenvalue weighted by molar-refractivity contribution is 8.00. The number of nitrogens with zero attached hydrogens (tertiary/aromatic N) is 3. The average molecular weight is 359 g/mol. The zero-order valence-electron chi connectivity index (χ0n) is 13.2. The number of carbonyl (C=O) groups is 1. The lowest BCUT2D eigenvalue weighted by Gasteiger charge is -2.12. The van der Waals surface area contributed by atoms with Gasteiger partial charge in [0.25, 0.3) is 0 Å². The Morgan fingerprint density at radius 3 is 2.75 bits per heavy atom. The Balaban J connectivity index is 1.78. The van der Waals surface area contributed by atoms with Gasteiger partial charge >= 0.3 is 0 Å². The quantitative estimate of drug-likeness (QED) is 0.561. The molecular weight excluding hydrogens is 344 g/mol. The summed E-state index contributed by atoms with van der Waals surface area (Å²) in [5.74, 6) is 1.01. The fourth-order valence-corrected chi connectivity index (χ4v) is 3.24. The van der Waals surface area contributed by atoms with Crippen molar-refractivity contribution in [2.45, 2.75) is 24.1 Å². The molecule has 0 saturated heterocycles. The Bertz CT molecular complexity index is 885. The van der Waals surface area contributed by atoms with Crippen molar-refractivity contribution in [2.75, 3.05) is 5.32 Å². The minimum atomic E-state index is -0.333. The van der Waals surface area contributed by atoms with Gasteiger partial charge in [0.15, 0.2) is 0 Å². The highest BCUT2D eigenvalue weighted by Gasteiger charge is 2.18. The lowest BCUT2D eigenvalue weighted by atomic mass is 10.2. The number of fused-ring (bicyclic) bond motifs is 1. The summed E-state index contributed by atoms with van der Waals surface area (Å²) in [6.45, 7) is 3.68. The van der Waals surface area contributed by atoms with Crippen LogP contribution in [0.5, 0.6) is 0 Å². The number of amides is 1. The number of nitrogens with one attached hydrogen (secondary N) is 1. The molecule has 0 spiro atoms. The lowest BCUT2D eigenvalue weighted by molar-refractivity contribution is -0.115. The van der Waals surface area contributed by atoms with Gasteiger partial charge in [-0.3, -0.25) is 4.79 Å². The molecule has 1 N–H and O–H groups in total. The molecule has 3 aromatic rings. The molecule has 0 bridgehead atoms. The molecule has 5 nitrogen and oxygen atoms in total. The van der Waals surface area contributed by atoms with Gasteiger partial charge in [0.05, 0.1) is 15.8 Å². The maximum Gasteiger partial charge on any atom is 0.238 e. The van der Waals surface area contributed by atoms with Crippen LogP contribution in [-0.2, 0) is 4.79 Å². The van der Waals surface area contributed by atoms with Crippen LogP contribution in [0.25, 0.3) is 10.9 Å². The number of aromatic nitrogens is 3. The largest absolute Gasteiger partial charge is 0.310 e. The predicted molar refractivity (Wildman–Crippen MR) is 97.5 cm³/mol. The van der Waals surface area contributed by atoms with Crippen molar-refractivity contribution in [3.63, 3.8) is 0 Å². The third kappa shape index (κ3) is 3.83. The molecule has 0 aliphatic rings. The van der Waals surface area contributed by atoms with Gasteiger partial charge < -0.3 is 5.32 Å². The van der Waals surface area contributed by atoms with Crippen molar-refractivity contribution < 1.29 is 4.79 Å². The third-order valence-corrected chi connectivity index (χ3v) is 4.64. The van der Waals surface area contributed by atoms with E-state index >= 15 is 0 Å². The van der Waals surface area contributed by atoms with Gasteiger partial charge in [0.2, 0.25) is 5.91 Å². The Labute approximate surface area is 148 Å². The first-order valence-electron chi connectivity index (χ1n) is 7.35. The highest BCUT2D eigenvalue weighted by Crippen LogP contribution is 2.29. The number of hydrogen-bond acceptors (Lipinski definition) is 5. The Hall–Kier alpha value is -2.18. The van der Waals surface area contributed by atoms with Crippen molar-refractivity contribution >= 4 is 46.0 Å². The van der Waals surface area contributed by atoms with Crippen molar-refractivity contribution in [3.8, 4) is 0 Å². The molecular formula is C17H15ClN4OS. The van der Waals surface area contributed by atoms with Gasteiger partial charge in [0, 0.05) is 11.6 Å². The van der Waals surface area contributed by atoms with Crippen molar-refractivity contribution in [2.24, 2.45) is 0 Å². The lowest BCUT2D eigenvalue weighted by Crippen LogP contribution is -2.23. The summed E-state index contributed by atoms with van der Waals surface area (Å²) in [5.41, 5.74) is 0.875. The molecule has 1 amide bonds. The smallest absolute Gasteiger partial charge is 0.238 e. The molecule has 0 aliphatic heterocycles. The van der Waals surface area contributed by atoms with Gasteiger partial charge in [-0.2, -0.15) is 0 Å². The van der Waals surface area contributed by atoms with E-state index in [1.54, 1.807) is 12.1 Å². The Kier molecular flexibility index (Phi) is 4.97. The normalized spacial score (nSPS) is 12.1. The van der Waals surface area contributed by atoms with Crippen LogP contribution >= 0.6 is 23.4 Å². The molecule has 1 atom stereocenters. The second-order valence-electron chi connectivity index (χ2n) is 5.20. The number of hydrogen-bond donors (Lipinski definition) is 1. The van der Waals surface area contributed by atoms with E-state index in [0.717, 1.165) is 15.9 Å². The standard InChI is InChI=1S/C17H15ClN4OS/c1-10(16(23)22-15-8-7-12(18)9-19-15)24-17-13-5-3-4-6-14(13)20-11(2)21-17/h3-10H,1-2H3,(H,19,22,23)/t10-/m0/s1. The zero-order valence-corrected chi connectivity index (χ0v) is 14.7. The molecule has 24 heavy (non-hydrogen) atoms. The number of rotatable bonds is 4. The molecule has 7 heteroatoms. The number of thioether (sulfide) groups is 1. The second kappa shape index (κ2) is 7.15. The van der Waals surface area contributed by atoms with E-state index in [9.17, 15) is 4.79 Å². The summed E-state index contributed by atoms with van der Waals surface area (Å²) < 4.78 is 0. The average Bonchev–Trinajstić information content (AvgIpc) is 2.56. The topological polar surface area (TPSA) is 67.8 Å². The number of anilines is 1. The molecule has 0 aliphatic carbocycles. The van der Waals surface area contributed by atoms with Crippen molar-refractivity contribution in [1.82, 2.24) is 15.0 Å². The molecule has 0 radical (unpaired) electrons. The molecule has 2 heterocycles. The first-order valence-corrected chi connectivity index (χ1v) is 8.61. The van der Waals surface area contributed by atoms with E-state index in [2.05, 4.69) is 20.3 Å². The molecule has 0 saturated carbocycles. The van der Waals surface area contributed by atoms with Crippen molar-refractivity contribution in [3.05, 3.63) is 53.4 Å². The molecule has 122 valence electrons. The summed E-state index contributed by atoms with van der Waals surface area (Å²) >= 11 is 7.20. The highest BCUT2D eigenvalue weighted by atomic mass is 35.5. The van der Waals surface area contributed by atoms with Gasteiger partial charge in [-0.15, -0.1) is 0 Å². The fourth-order valence-electron chi connectivity index (χ4n) is 2.15. The summed E-state index contributed by atoms with van der Waals surface area (Å²) in [7, 11) is 0. The Morgan fingerprint density at radius 2 is 2.00 bits per heavy atom. The van der Waals surface area contributed by atoms with E-state index in [-0.39, 0.29) is 11.2 Å². The predicted octanol–water partition coefficient (Wildman–Crippen LogP) is 4.11. The Morgan fingerprint density at radius 1 is 1.21 bits per heavy atom. The van der Waals surface area contributed by atoms with Crippen LogP contribution in [0.4, 0.5) is 5.82 Å². The van der Waals surface area contributed by atoms with E-state index in [1.165, 1.54) is 18.0 Å². The van der Waals surface area contributed by atoms with Crippen molar-refractivity contribution in [1.29, 1.82) is 0 Å². The summed E-state index contributed by atoms with van der Waals surface area (Å²) in [6.07, 6.45) is 1.50. The minimum absolute atomic E-state index is 0.143. The zero-order chi connectivity index (χ0) is 17.1. The molecule has 3 rings (SSSR count). The number of halogens is 1. The van der Waals surface area contributed by atoms with Crippen LogP contribution in [-0.4, -0.2) is 26.1 Å². The third-order valence-electron chi connectivity index (χ3n) is 3.32. The van der Waals surface area contributed by atoms with E-state index in [0.29, 0.717) is 16.7 Å². The van der Waals surface area contributed by atoms with Gasteiger partial charge in [-0.25, -0.2) is 15.0 Å². The minimum Gasteiger partial charge on any atom is -0.310 e. The SMILES string of the molecule is Cc1nc(S[C@@H](C)C(=O)Nc2ccc(Cl)cn2)c2ccccc2n1. The first kappa shape index (κ1) is 16.7. The fraction of sp³-hybridized carbons (Fsp3) is 0.176. The van der Waals surface area contributed by atoms with Gasteiger partial charge in [-0.1, -0.05) is 41.6 Å². The number of benzene rings is 1. The molecule has 2 aromatic heterocycles. The molecule has 0 fully saturated rings. The van der Waals surface area contributed by atoms with Crippen LogP contribution in [0, 0.1) is 6.92 Å². The van der Waals surface area contributed by atoms with Crippen LogP contribution in [0.2, 0.25) is 5.02 Å². The van der Waals surface area contributed by atoms with Crippen LogP contribution in [0.15, 0.2) is 47.6 Å². The van der Waals surface area contributed by atoms with Crippen LogP contribution in [0.1, 0.15) is 12.7 Å². The maximum atomic E-state index is 12.4. The number of carbonyl (C=O) groups excluding carboxylic acids is 1. The van der Waals surface area contributed by atoms with E-state index in [1.807, 2.05) is 38.1 Å². The summed E-state index contributed by atoms with van der Waals surface area (Å²) in [5, 5.41) is 4.71.